The largest absolute Gasteiger partial charge is 0.370 e. The smallest absolute Gasteiger partial charge is 0.317 e. The topological polar surface area (TPSA) is 142 Å². The van der Waals surface area contributed by atoms with Crippen molar-refractivity contribution < 1.29 is 4.79 Å². The number of aliphatic imine (C=N–C) groups is 1. The van der Waals surface area contributed by atoms with Crippen LogP contribution in [0.4, 0.5) is 4.79 Å². The van der Waals surface area contributed by atoms with Gasteiger partial charge in [0.15, 0.2) is 5.96 Å². The first-order chi connectivity index (χ1) is 9.52. The van der Waals surface area contributed by atoms with Crippen LogP contribution in [0.25, 0.3) is 0 Å². The van der Waals surface area contributed by atoms with Gasteiger partial charge in [-0.25, -0.2) is 9.78 Å². The Morgan fingerprint density at radius 1 is 1.55 bits per heavy atom. The van der Waals surface area contributed by atoms with Gasteiger partial charge in [0.2, 0.25) is 0 Å². The molecule has 0 bridgehead atoms. The number of thioether (sulfide) groups is 1. The highest BCUT2D eigenvalue weighted by molar-refractivity contribution is 7.99. The van der Waals surface area contributed by atoms with Crippen LogP contribution in [0.2, 0.25) is 0 Å². The van der Waals surface area contributed by atoms with Crippen molar-refractivity contribution in [1.29, 1.82) is 5.41 Å². The Hall–Kier alpha value is -1.23. The number of amidine groups is 1. The van der Waals surface area contributed by atoms with Crippen LogP contribution in [0.1, 0.15) is 17.5 Å². The van der Waals surface area contributed by atoms with E-state index in [4.69, 9.17) is 16.9 Å². The number of hydrogen-bond acceptors (Lipinski definition) is 6. The Bertz CT molecular complexity index is 484. The van der Waals surface area contributed by atoms with Gasteiger partial charge in [0.25, 0.3) is 0 Å². The molecular weight excluding hydrogens is 369 g/mol. The van der Waals surface area contributed by atoms with Crippen molar-refractivity contribution in [2.24, 2.45) is 16.5 Å². The summed E-state index contributed by atoms with van der Waals surface area (Å²) in [7, 11) is 1.59. The second kappa shape index (κ2) is 12.3. The van der Waals surface area contributed by atoms with Gasteiger partial charge >= 0.3 is 6.03 Å². The Labute approximate surface area is 149 Å². The summed E-state index contributed by atoms with van der Waals surface area (Å²) in [5.41, 5.74) is 13.2. The minimum absolute atomic E-state index is 0. The van der Waals surface area contributed by atoms with Crippen LogP contribution in [0.3, 0.4) is 0 Å². The molecule has 7 N–H and O–H groups in total. The number of hydrogen-bond donors (Lipinski definition) is 5. The average Bonchev–Trinajstić information content (AvgIpc) is 2.90. The highest BCUT2D eigenvalue weighted by atomic mass is 35.5. The lowest BCUT2D eigenvalue weighted by Gasteiger charge is -2.16. The van der Waals surface area contributed by atoms with Crippen LogP contribution in [-0.2, 0) is 0 Å². The first-order valence-corrected chi connectivity index (χ1v) is 7.64. The number of guanidine groups is 1. The number of amides is 2. The molecule has 0 aliphatic carbocycles. The van der Waals surface area contributed by atoms with E-state index in [1.165, 1.54) is 23.1 Å². The predicted octanol–water partition coefficient (Wildman–Crippen LogP) is 1.29. The average molecular weight is 388 g/mol. The summed E-state index contributed by atoms with van der Waals surface area (Å²) in [5, 5.41) is 14.5. The van der Waals surface area contributed by atoms with E-state index in [9.17, 15) is 4.79 Å². The molecule has 1 aromatic heterocycles. The van der Waals surface area contributed by atoms with Crippen molar-refractivity contribution in [1.82, 2.24) is 15.6 Å². The van der Waals surface area contributed by atoms with Gasteiger partial charge in [0, 0.05) is 24.6 Å². The number of nitrogens with two attached hydrogens (primary N) is 2. The summed E-state index contributed by atoms with van der Waals surface area (Å²) in [6, 6.07) is -0.725. The lowest BCUT2D eigenvalue weighted by molar-refractivity contribution is 0.253. The maximum atomic E-state index is 10.6. The monoisotopic (exact) mass is 387 g/mol. The molecule has 12 heteroatoms. The SMILES string of the molecule is C/N=C(/N)NC(SCCC(=N)NC(N)=O)c1cscn1.Cl.Cl. The van der Waals surface area contributed by atoms with Crippen molar-refractivity contribution in [2.45, 2.75) is 11.8 Å². The van der Waals surface area contributed by atoms with Crippen molar-refractivity contribution >= 4 is 65.7 Å². The number of urea groups is 1. The van der Waals surface area contributed by atoms with Gasteiger partial charge in [-0.15, -0.1) is 47.9 Å². The minimum atomic E-state index is -0.725. The fourth-order valence-corrected chi connectivity index (χ4v) is 2.97. The fourth-order valence-electron chi connectivity index (χ4n) is 1.24. The van der Waals surface area contributed by atoms with Crippen molar-refractivity contribution in [3.05, 3.63) is 16.6 Å². The van der Waals surface area contributed by atoms with Crippen molar-refractivity contribution in [2.75, 3.05) is 12.8 Å². The number of primary amides is 1. The highest BCUT2D eigenvalue weighted by Gasteiger charge is 2.15. The molecule has 0 fully saturated rings. The lowest BCUT2D eigenvalue weighted by atomic mass is 10.4. The second-order valence-electron chi connectivity index (χ2n) is 3.64. The molecular formula is C10H19Cl2N7OS2. The third-order valence-corrected chi connectivity index (χ3v) is 3.89. The zero-order valence-electron chi connectivity index (χ0n) is 11.7. The molecule has 1 unspecified atom stereocenters. The number of rotatable bonds is 6. The van der Waals surface area contributed by atoms with Gasteiger partial charge in [-0.05, 0) is 0 Å². The van der Waals surface area contributed by atoms with Crippen LogP contribution in [-0.4, -0.2) is 35.6 Å². The van der Waals surface area contributed by atoms with E-state index < -0.39 is 6.03 Å². The zero-order chi connectivity index (χ0) is 15.0. The molecule has 1 rings (SSSR count). The normalized spacial score (nSPS) is 11.6. The summed E-state index contributed by atoms with van der Waals surface area (Å²) in [4.78, 5) is 18.7. The summed E-state index contributed by atoms with van der Waals surface area (Å²) < 4.78 is 0. The number of halogens is 2. The maximum absolute atomic E-state index is 10.6. The maximum Gasteiger partial charge on any atom is 0.317 e. The van der Waals surface area contributed by atoms with E-state index in [2.05, 4.69) is 20.6 Å². The minimum Gasteiger partial charge on any atom is -0.370 e. The molecule has 8 nitrogen and oxygen atoms in total. The molecule has 1 atom stereocenters. The Morgan fingerprint density at radius 2 is 2.23 bits per heavy atom. The zero-order valence-corrected chi connectivity index (χ0v) is 15.0. The Kier molecular flexibility index (Phi) is 12.9. The van der Waals surface area contributed by atoms with Crippen molar-refractivity contribution in [3.8, 4) is 0 Å². The van der Waals surface area contributed by atoms with Crippen LogP contribution in [0.15, 0.2) is 15.9 Å². The molecule has 0 saturated heterocycles. The molecule has 0 saturated carbocycles. The summed E-state index contributed by atoms with van der Waals surface area (Å²) >= 11 is 3.01. The fraction of sp³-hybridized carbons (Fsp3) is 0.400. The van der Waals surface area contributed by atoms with Gasteiger partial charge in [-0.1, -0.05) is 0 Å². The van der Waals surface area contributed by atoms with Crippen LogP contribution >= 0.6 is 47.9 Å². The first kappa shape index (κ1) is 23.0. The summed E-state index contributed by atoms with van der Waals surface area (Å²) in [6.07, 6.45) is 0.388. The summed E-state index contributed by atoms with van der Waals surface area (Å²) in [6.45, 7) is 0. The molecule has 0 spiro atoms. The van der Waals surface area contributed by atoms with Gasteiger partial charge in [0.1, 0.15) is 11.2 Å². The Morgan fingerprint density at radius 3 is 2.73 bits per heavy atom. The van der Waals surface area contributed by atoms with Crippen LogP contribution < -0.4 is 22.1 Å². The number of aromatic nitrogens is 1. The van der Waals surface area contributed by atoms with Gasteiger partial charge in [-0.3, -0.25) is 15.7 Å². The number of nitrogens with zero attached hydrogens (tertiary/aromatic N) is 2. The molecule has 0 aliphatic heterocycles. The van der Waals surface area contributed by atoms with E-state index >= 15 is 0 Å². The molecule has 1 heterocycles. The molecule has 126 valence electrons. The Balaban J connectivity index is 0. The quantitative estimate of drug-likeness (QED) is 0.284. The second-order valence-corrected chi connectivity index (χ2v) is 5.57. The van der Waals surface area contributed by atoms with Crippen LogP contribution in [0.5, 0.6) is 0 Å². The van der Waals surface area contributed by atoms with Gasteiger partial charge in [-0.2, -0.15) is 0 Å². The van der Waals surface area contributed by atoms with E-state index in [-0.39, 0.29) is 36.0 Å². The number of thiazole rings is 1. The molecule has 0 aliphatic rings. The van der Waals surface area contributed by atoms with E-state index in [0.717, 1.165) is 5.69 Å². The van der Waals surface area contributed by atoms with Gasteiger partial charge in [0.05, 0.1) is 11.2 Å². The predicted molar refractivity (Wildman–Crippen MR) is 97.6 cm³/mol. The van der Waals surface area contributed by atoms with Crippen molar-refractivity contribution in [3.63, 3.8) is 0 Å². The molecule has 2 amide bonds. The number of carbonyl (C=O) groups is 1. The lowest BCUT2D eigenvalue weighted by Crippen LogP contribution is -2.35. The number of nitrogens with one attached hydrogen (secondary N) is 3. The van der Waals surface area contributed by atoms with E-state index in [1.807, 2.05) is 5.38 Å². The third-order valence-electron chi connectivity index (χ3n) is 2.15. The first-order valence-electron chi connectivity index (χ1n) is 5.65. The molecule has 0 radical (unpaired) electrons. The van der Waals surface area contributed by atoms with Crippen LogP contribution in [0, 0.1) is 5.41 Å². The summed E-state index contributed by atoms with van der Waals surface area (Å²) in [5.74, 6) is 1.01. The van der Waals surface area contributed by atoms with E-state index in [0.29, 0.717) is 18.1 Å². The molecule has 1 aromatic rings. The standard InChI is InChI=1S/C10H17N7OS2.2ClH/c1-14-9(12)17-8(6-4-19-5-15-6)20-3-2-7(11)16-10(13)18;;/h4-5,8H,2-3H2,1H3,(H3,12,14,17)(H4,11,13,16,18);2*1H. The van der Waals surface area contributed by atoms with Gasteiger partial charge < -0.3 is 16.8 Å². The molecule has 0 aromatic carbocycles. The molecule has 22 heavy (non-hydrogen) atoms. The third kappa shape index (κ3) is 8.93. The highest BCUT2D eigenvalue weighted by Crippen LogP contribution is 2.26. The van der Waals surface area contributed by atoms with E-state index in [1.54, 1.807) is 12.6 Å². The number of carbonyl (C=O) groups excluding carboxylic acids is 1.